The predicted molar refractivity (Wildman–Crippen MR) is 262 cm³/mol. The summed E-state index contributed by atoms with van der Waals surface area (Å²) in [5.74, 6) is 1.73. The molecule has 0 radical (unpaired) electrons. The van der Waals surface area contributed by atoms with Gasteiger partial charge in [-0.05, 0) is 115 Å². The molecule has 0 aliphatic carbocycles. The Morgan fingerprint density at radius 1 is 0.250 bits per heavy atom. The van der Waals surface area contributed by atoms with Crippen LogP contribution in [0, 0.1) is 0 Å². The van der Waals surface area contributed by atoms with Crippen LogP contribution >= 0.6 is 0 Å². The molecule has 11 aromatic rings. The Bertz CT molecular complexity index is 3290. The molecule has 0 N–H and O–H groups in total. The van der Waals surface area contributed by atoms with Crippen molar-refractivity contribution in [2.24, 2.45) is 0 Å². The normalized spacial score (nSPS) is 11.1. The van der Waals surface area contributed by atoms with Crippen molar-refractivity contribution in [3.8, 4) is 101 Å². The largest absolute Gasteiger partial charge is 0.208 e. The highest BCUT2D eigenvalue weighted by atomic mass is 15.1. The van der Waals surface area contributed by atoms with Crippen molar-refractivity contribution in [2.45, 2.75) is 0 Å². The minimum Gasteiger partial charge on any atom is -0.208 e. The molecule has 5 nitrogen and oxygen atoms in total. The van der Waals surface area contributed by atoms with Crippen LogP contribution in [0.5, 0.6) is 0 Å². The van der Waals surface area contributed by atoms with E-state index < -0.39 is 0 Å². The van der Waals surface area contributed by atoms with E-state index in [0.29, 0.717) is 17.5 Å². The summed E-state index contributed by atoms with van der Waals surface area (Å²) in [6.45, 7) is 0. The highest BCUT2D eigenvalue weighted by Crippen LogP contribution is 2.39. The van der Waals surface area contributed by atoms with Crippen molar-refractivity contribution < 1.29 is 0 Å². The summed E-state index contributed by atoms with van der Waals surface area (Å²) in [5, 5.41) is 11.3. The summed E-state index contributed by atoms with van der Waals surface area (Å²) in [4.78, 5) is 15.6. The van der Waals surface area contributed by atoms with Gasteiger partial charge in [0.2, 0.25) is 0 Å². The summed E-state index contributed by atoms with van der Waals surface area (Å²) in [6.07, 6.45) is 1.70. The fourth-order valence-corrected chi connectivity index (χ4v) is 8.40. The molecule has 0 aliphatic heterocycles. The van der Waals surface area contributed by atoms with Crippen molar-refractivity contribution in [1.29, 1.82) is 0 Å². The molecular weight excluding hydrogens is 779 g/mol. The van der Waals surface area contributed by atoms with Gasteiger partial charge in [-0.1, -0.05) is 182 Å². The molecule has 64 heavy (non-hydrogen) atoms. The van der Waals surface area contributed by atoms with Gasteiger partial charge in [0.05, 0.1) is 5.69 Å². The molecule has 0 atom stereocenters. The Balaban J connectivity index is 1.10. The van der Waals surface area contributed by atoms with Gasteiger partial charge in [-0.25, -0.2) is 15.0 Å². The second-order valence-electron chi connectivity index (χ2n) is 15.8. The lowest BCUT2D eigenvalue weighted by atomic mass is 9.90. The van der Waals surface area contributed by atoms with Crippen LogP contribution in [0.4, 0.5) is 0 Å². The van der Waals surface area contributed by atoms with Gasteiger partial charge in [-0.2, -0.15) is 10.2 Å². The minimum atomic E-state index is 0.555. The van der Waals surface area contributed by atoms with Crippen molar-refractivity contribution in [3.05, 3.63) is 237 Å². The van der Waals surface area contributed by atoms with E-state index in [4.69, 9.17) is 15.0 Å². The van der Waals surface area contributed by atoms with Gasteiger partial charge in [0.25, 0.3) is 0 Å². The van der Waals surface area contributed by atoms with Crippen molar-refractivity contribution >= 4 is 10.8 Å². The van der Waals surface area contributed by atoms with E-state index in [9.17, 15) is 0 Å². The molecule has 0 unspecified atom stereocenters. The van der Waals surface area contributed by atoms with E-state index in [1.165, 1.54) is 16.3 Å². The van der Waals surface area contributed by atoms with Crippen LogP contribution in [-0.2, 0) is 0 Å². The lowest BCUT2D eigenvalue weighted by Gasteiger charge is -2.15. The molecule has 0 saturated heterocycles. The molecule has 9 aromatic carbocycles. The second-order valence-corrected chi connectivity index (χ2v) is 15.8. The number of hydrogen-bond donors (Lipinski definition) is 0. The average Bonchev–Trinajstić information content (AvgIpc) is 3.39. The Kier molecular flexibility index (Phi) is 10.2. The average molecular weight is 818 g/mol. The number of hydrogen-bond acceptors (Lipinski definition) is 5. The molecule has 0 aliphatic rings. The second kappa shape index (κ2) is 17.0. The quantitative estimate of drug-likeness (QED) is 0.145. The van der Waals surface area contributed by atoms with E-state index in [2.05, 4.69) is 216 Å². The molecule has 0 spiro atoms. The highest BCUT2D eigenvalue weighted by Gasteiger charge is 2.17. The number of nitrogens with zero attached hydrogens (tertiary/aromatic N) is 5. The third-order valence-corrected chi connectivity index (χ3v) is 11.7. The van der Waals surface area contributed by atoms with Gasteiger partial charge < -0.3 is 0 Å². The number of rotatable bonds is 9. The maximum atomic E-state index is 5.24. The van der Waals surface area contributed by atoms with Crippen LogP contribution in [0.1, 0.15) is 0 Å². The van der Waals surface area contributed by atoms with Crippen molar-refractivity contribution in [1.82, 2.24) is 25.1 Å². The fraction of sp³-hybridized carbons (Fsp3) is 0. The molecule has 2 aromatic heterocycles. The minimum absolute atomic E-state index is 0.555. The van der Waals surface area contributed by atoms with Crippen LogP contribution in [0.3, 0.4) is 0 Å². The topological polar surface area (TPSA) is 64.5 Å². The number of aromatic nitrogens is 5. The predicted octanol–water partition coefficient (Wildman–Crippen LogP) is 14.8. The van der Waals surface area contributed by atoms with Gasteiger partial charge >= 0.3 is 0 Å². The van der Waals surface area contributed by atoms with Crippen LogP contribution in [0.2, 0.25) is 0 Å². The summed E-state index contributed by atoms with van der Waals surface area (Å²) in [5.41, 5.74) is 15.4. The molecule has 0 fully saturated rings. The first kappa shape index (κ1) is 38.3. The molecule has 0 amide bonds. The third kappa shape index (κ3) is 7.86. The first-order valence-corrected chi connectivity index (χ1v) is 21.4. The Morgan fingerprint density at radius 2 is 0.656 bits per heavy atom. The van der Waals surface area contributed by atoms with Gasteiger partial charge in [0, 0.05) is 28.5 Å². The van der Waals surface area contributed by atoms with E-state index >= 15 is 0 Å². The van der Waals surface area contributed by atoms with E-state index in [1.807, 2.05) is 24.3 Å². The summed E-state index contributed by atoms with van der Waals surface area (Å²) in [6, 6.07) is 80.6. The van der Waals surface area contributed by atoms with Crippen LogP contribution in [0.25, 0.3) is 112 Å². The monoisotopic (exact) mass is 817 g/mol. The number of fused-ring (bicyclic) bond motifs is 1. The van der Waals surface area contributed by atoms with E-state index in [0.717, 1.165) is 78.0 Å². The maximum Gasteiger partial charge on any atom is 0.164 e. The molecule has 0 bridgehead atoms. The zero-order chi connectivity index (χ0) is 42.7. The van der Waals surface area contributed by atoms with Crippen molar-refractivity contribution in [3.63, 3.8) is 0 Å². The summed E-state index contributed by atoms with van der Waals surface area (Å²) >= 11 is 0. The molecule has 2 heterocycles. The molecule has 300 valence electrons. The van der Waals surface area contributed by atoms with E-state index in [1.54, 1.807) is 6.20 Å². The van der Waals surface area contributed by atoms with E-state index in [-0.39, 0.29) is 0 Å². The van der Waals surface area contributed by atoms with Gasteiger partial charge in [-0.15, -0.1) is 0 Å². The van der Waals surface area contributed by atoms with Gasteiger partial charge in [0.1, 0.15) is 0 Å². The maximum absolute atomic E-state index is 5.24. The van der Waals surface area contributed by atoms with Gasteiger partial charge in [-0.3, -0.25) is 0 Å². The zero-order valence-electron chi connectivity index (χ0n) is 34.8. The number of benzene rings is 9. The summed E-state index contributed by atoms with van der Waals surface area (Å²) < 4.78 is 0. The van der Waals surface area contributed by atoms with Crippen molar-refractivity contribution in [2.75, 3.05) is 0 Å². The molecule has 5 heteroatoms. The van der Waals surface area contributed by atoms with Crippen LogP contribution in [-0.4, -0.2) is 25.1 Å². The Labute approximate surface area is 372 Å². The third-order valence-electron chi connectivity index (χ3n) is 11.7. The zero-order valence-corrected chi connectivity index (χ0v) is 34.8. The SMILES string of the molecule is c1ccc(-c2ccc(-c3nc(-c4ccc(-c5ccccc5)cc4)nc(-c4cc(-c5cc(-c6ccccc6)cc(-c6cccc7ccccc67)c5)cc(-c5cccnn5)c4)n3)cc2)cc1. The first-order chi connectivity index (χ1) is 31.7. The van der Waals surface area contributed by atoms with Gasteiger partial charge in [0.15, 0.2) is 17.5 Å². The lowest BCUT2D eigenvalue weighted by Crippen LogP contribution is -2.01. The first-order valence-electron chi connectivity index (χ1n) is 21.4. The Morgan fingerprint density at radius 3 is 1.22 bits per heavy atom. The summed E-state index contributed by atoms with van der Waals surface area (Å²) in [7, 11) is 0. The lowest BCUT2D eigenvalue weighted by molar-refractivity contribution is 1.04. The fourth-order valence-electron chi connectivity index (χ4n) is 8.40. The Hall–Kier alpha value is -8.67. The van der Waals surface area contributed by atoms with Crippen LogP contribution in [0.15, 0.2) is 237 Å². The molecular formula is C59H39N5. The molecule has 0 saturated carbocycles. The standard InChI is InChI=1S/C59H39N5/c1-4-14-40(15-5-1)43-25-29-46(30-26-43)57-61-58(47-31-27-44(28-32-47)41-16-6-2-7-17-41)63-59(62-57)53-38-50(37-52(39-53)56-24-13-33-60-64-56)49-34-48(42-18-8-3-9-19-42)35-51(36-49)55-23-12-21-45-20-10-11-22-54(45)55/h1-39H. The molecule has 11 rings (SSSR count). The highest BCUT2D eigenvalue weighted by molar-refractivity contribution is 5.98. The van der Waals surface area contributed by atoms with Crippen LogP contribution < -0.4 is 0 Å². The smallest absolute Gasteiger partial charge is 0.164 e.